The molecule has 1 heterocycles. The predicted molar refractivity (Wildman–Crippen MR) is 79.6 cm³/mol. The van der Waals surface area contributed by atoms with Crippen molar-refractivity contribution in [3.8, 4) is 5.75 Å². The third-order valence-electron chi connectivity index (χ3n) is 2.52. The number of hydrogen-bond donors (Lipinski definition) is 1. The quantitative estimate of drug-likeness (QED) is 0.807. The smallest absolute Gasteiger partial charge is 0.123 e. The molecule has 0 spiro atoms. The van der Waals surface area contributed by atoms with Crippen LogP contribution in [-0.4, -0.2) is 23.4 Å². The number of halogens is 1. The first-order chi connectivity index (χ1) is 8.79. The van der Waals surface area contributed by atoms with Gasteiger partial charge in [-0.25, -0.2) is 0 Å². The van der Waals surface area contributed by atoms with Gasteiger partial charge in [0.05, 0.1) is 16.3 Å². The Balaban J connectivity index is 1.89. The molecule has 96 valence electrons. The van der Waals surface area contributed by atoms with Gasteiger partial charge in [0.15, 0.2) is 0 Å². The highest BCUT2D eigenvalue weighted by Crippen LogP contribution is 2.17. The summed E-state index contributed by atoms with van der Waals surface area (Å²) in [4.78, 5) is 0. The summed E-state index contributed by atoms with van der Waals surface area (Å²) >= 11 is 2.25. The number of nitrogens with one attached hydrogen (secondary N) is 1. The minimum Gasteiger partial charge on any atom is -0.491 e. The zero-order chi connectivity index (χ0) is 12.8. The van der Waals surface area contributed by atoms with Crippen molar-refractivity contribution in [2.24, 2.45) is 0 Å². The first kappa shape index (κ1) is 13.4. The Kier molecular flexibility index (Phi) is 5.00. The third kappa shape index (κ3) is 3.71. The summed E-state index contributed by atoms with van der Waals surface area (Å²) < 4.78 is 8.83. The third-order valence-corrected chi connectivity index (χ3v) is 3.08. The Morgan fingerprint density at radius 2 is 2.22 bits per heavy atom. The number of rotatable bonds is 6. The zero-order valence-electron chi connectivity index (χ0n) is 10.3. The number of para-hydroxylation sites is 1. The average molecular weight is 357 g/mol. The topological polar surface area (TPSA) is 39.1 Å². The van der Waals surface area contributed by atoms with E-state index in [1.165, 1.54) is 5.56 Å². The predicted octanol–water partition coefficient (Wildman–Crippen LogP) is 2.29. The summed E-state index contributed by atoms with van der Waals surface area (Å²) in [6, 6.07) is 8.09. The Morgan fingerprint density at radius 3 is 2.94 bits per heavy atom. The highest BCUT2D eigenvalue weighted by atomic mass is 127. The molecule has 18 heavy (non-hydrogen) atoms. The molecule has 2 rings (SSSR count). The highest BCUT2D eigenvalue weighted by molar-refractivity contribution is 14.1. The van der Waals surface area contributed by atoms with Gasteiger partial charge >= 0.3 is 0 Å². The van der Waals surface area contributed by atoms with Crippen LogP contribution in [0, 0.1) is 3.57 Å². The summed E-state index contributed by atoms with van der Waals surface area (Å²) in [6.45, 7) is 2.20. The Morgan fingerprint density at radius 1 is 1.39 bits per heavy atom. The Bertz CT molecular complexity index is 498. The fraction of sp³-hybridized carbons (Fsp3) is 0.308. The molecule has 0 fully saturated rings. The van der Waals surface area contributed by atoms with Crippen LogP contribution in [-0.2, 0) is 13.1 Å². The van der Waals surface area contributed by atoms with Crippen LogP contribution >= 0.6 is 22.6 Å². The van der Waals surface area contributed by atoms with Crippen molar-refractivity contribution in [2.45, 2.75) is 13.1 Å². The first-order valence-corrected chi connectivity index (χ1v) is 6.90. The minimum atomic E-state index is 0.623. The number of benzene rings is 1. The maximum absolute atomic E-state index is 5.80. The van der Waals surface area contributed by atoms with E-state index in [1.54, 1.807) is 0 Å². The van der Waals surface area contributed by atoms with Gasteiger partial charge in [0.2, 0.25) is 0 Å². The summed E-state index contributed by atoms with van der Waals surface area (Å²) in [5.74, 6) is 0.939. The van der Waals surface area contributed by atoms with Gasteiger partial charge in [-0.05, 0) is 35.7 Å². The van der Waals surface area contributed by atoms with Crippen molar-refractivity contribution in [1.29, 1.82) is 0 Å². The molecular formula is C13H16IN3O. The van der Waals surface area contributed by atoms with E-state index in [4.69, 9.17) is 4.74 Å². The van der Waals surface area contributed by atoms with Crippen LogP contribution in [0.1, 0.15) is 5.56 Å². The van der Waals surface area contributed by atoms with Gasteiger partial charge < -0.3 is 10.1 Å². The molecule has 5 heteroatoms. The van der Waals surface area contributed by atoms with Gasteiger partial charge in [0, 0.05) is 18.3 Å². The molecule has 0 amide bonds. The molecule has 2 aromatic rings. The lowest BCUT2D eigenvalue weighted by molar-refractivity contribution is 0.288. The van der Waals surface area contributed by atoms with E-state index < -0.39 is 0 Å². The molecule has 4 nitrogen and oxygen atoms in total. The molecular weight excluding hydrogens is 341 g/mol. The van der Waals surface area contributed by atoms with Crippen LogP contribution in [0.5, 0.6) is 5.75 Å². The molecule has 0 saturated carbocycles. The molecule has 0 unspecified atom stereocenters. The van der Waals surface area contributed by atoms with Crippen molar-refractivity contribution in [2.75, 3.05) is 13.7 Å². The molecule has 0 aliphatic rings. The normalized spacial score (nSPS) is 10.6. The van der Waals surface area contributed by atoms with Crippen molar-refractivity contribution < 1.29 is 4.74 Å². The lowest BCUT2D eigenvalue weighted by Gasteiger charge is -2.11. The van der Waals surface area contributed by atoms with Crippen LogP contribution in [0.15, 0.2) is 36.7 Å². The number of aromatic nitrogens is 2. The number of nitrogens with zero attached hydrogens (tertiary/aromatic N) is 2. The summed E-state index contributed by atoms with van der Waals surface area (Å²) in [6.07, 6.45) is 3.85. The van der Waals surface area contributed by atoms with Crippen LogP contribution in [0.25, 0.3) is 0 Å². The monoisotopic (exact) mass is 357 g/mol. The standard InChI is InChI=1S/C13H16IN3O/c1-15-8-11-4-2-3-5-13(11)18-7-6-17-10-12(14)9-16-17/h2-5,9-10,15H,6-8H2,1H3. The van der Waals surface area contributed by atoms with Crippen LogP contribution in [0.3, 0.4) is 0 Å². The summed E-state index contributed by atoms with van der Waals surface area (Å²) in [5, 5.41) is 7.36. The maximum atomic E-state index is 5.80. The van der Waals surface area contributed by atoms with Gasteiger partial charge in [-0.1, -0.05) is 18.2 Å². The second-order valence-corrected chi connectivity index (χ2v) is 5.15. The zero-order valence-corrected chi connectivity index (χ0v) is 12.4. The largest absolute Gasteiger partial charge is 0.491 e. The van der Waals surface area contributed by atoms with Crippen LogP contribution in [0.4, 0.5) is 0 Å². The SMILES string of the molecule is CNCc1ccccc1OCCn1cc(I)cn1. The molecule has 0 atom stereocenters. The summed E-state index contributed by atoms with van der Waals surface area (Å²) in [7, 11) is 1.93. The van der Waals surface area contributed by atoms with E-state index in [0.717, 1.165) is 22.4 Å². The number of hydrogen-bond acceptors (Lipinski definition) is 3. The van der Waals surface area contributed by atoms with E-state index in [2.05, 4.69) is 39.1 Å². The second kappa shape index (κ2) is 6.75. The van der Waals surface area contributed by atoms with Crippen molar-refractivity contribution in [3.05, 3.63) is 45.8 Å². The highest BCUT2D eigenvalue weighted by Gasteiger charge is 2.02. The molecule has 0 saturated heterocycles. The van der Waals surface area contributed by atoms with Gasteiger partial charge in [0.25, 0.3) is 0 Å². The van der Waals surface area contributed by atoms with Gasteiger partial charge in [0.1, 0.15) is 12.4 Å². The molecule has 0 bridgehead atoms. The van der Waals surface area contributed by atoms with Gasteiger partial charge in [-0.3, -0.25) is 4.68 Å². The maximum Gasteiger partial charge on any atom is 0.123 e. The Hall–Kier alpha value is -1.08. The summed E-state index contributed by atoms with van der Waals surface area (Å²) in [5.41, 5.74) is 1.18. The molecule has 1 N–H and O–H groups in total. The lowest BCUT2D eigenvalue weighted by atomic mass is 10.2. The fourth-order valence-corrected chi connectivity index (χ4v) is 2.14. The minimum absolute atomic E-state index is 0.623. The molecule has 0 radical (unpaired) electrons. The van der Waals surface area contributed by atoms with E-state index in [1.807, 2.05) is 42.3 Å². The Labute approximate surface area is 120 Å². The molecule has 0 aliphatic carbocycles. The lowest BCUT2D eigenvalue weighted by Crippen LogP contribution is -2.11. The van der Waals surface area contributed by atoms with E-state index in [0.29, 0.717) is 6.61 Å². The average Bonchev–Trinajstić information content (AvgIpc) is 2.78. The van der Waals surface area contributed by atoms with E-state index in [-0.39, 0.29) is 0 Å². The van der Waals surface area contributed by atoms with Gasteiger partial charge in [-0.15, -0.1) is 0 Å². The van der Waals surface area contributed by atoms with Crippen molar-refractivity contribution >= 4 is 22.6 Å². The first-order valence-electron chi connectivity index (χ1n) is 5.83. The number of ether oxygens (including phenoxy) is 1. The second-order valence-electron chi connectivity index (χ2n) is 3.91. The van der Waals surface area contributed by atoms with E-state index >= 15 is 0 Å². The van der Waals surface area contributed by atoms with E-state index in [9.17, 15) is 0 Å². The van der Waals surface area contributed by atoms with Gasteiger partial charge in [-0.2, -0.15) is 5.10 Å². The van der Waals surface area contributed by atoms with Crippen LogP contribution < -0.4 is 10.1 Å². The molecule has 0 aliphatic heterocycles. The molecule has 1 aromatic heterocycles. The van der Waals surface area contributed by atoms with Crippen molar-refractivity contribution in [1.82, 2.24) is 15.1 Å². The fourth-order valence-electron chi connectivity index (χ4n) is 1.69. The molecule has 1 aromatic carbocycles. The van der Waals surface area contributed by atoms with Crippen LogP contribution in [0.2, 0.25) is 0 Å². The van der Waals surface area contributed by atoms with Crippen molar-refractivity contribution in [3.63, 3.8) is 0 Å².